The quantitative estimate of drug-likeness (QED) is 0.0495. The molecule has 0 amide bonds. The molecule has 0 unspecified atom stereocenters. The Bertz CT molecular complexity index is 5870. The summed E-state index contributed by atoms with van der Waals surface area (Å²) >= 11 is 0. The Morgan fingerprint density at radius 1 is 0.461 bits per heavy atom. The summed E-state index contributed by atoms with van der Waals surface area (Å²) in [6, 6.07) is 72.4. The number of carboxylic acid groups (broad SMARTS) is 3. The summed E-state index contributed by atoms with van der Waals surface area (Å²) in [6.07, 6.45) is 5.10. The van der Waals surface area contributed by atoms with Crippen LogP contribution in [0.4, 0.5) is 17.1 Å². The number of fused-ring (bicyclic) bond motifs is 8. The lowest BCUT2D eigenvalue weighted by molar-refractivity contribution is -0.255. The molecule has 4 heterocycles. The third-order valence-electron chi connectivity index (χ3n) is 17.7. The predicted octanol–water partition coefficient (Wildman–Crippen LogP) is 15.9. The topological polar surface area (TPSA) is 306 Å². The number of benzene rings is 12. The van der Waals surface area contributed by atoms with E-state index < -0.39 is 17.9 Å². The van der Waals surface area contributed by atoms with Crippen LogP contribution >= 0.6 is 0 Å². The molecule has 102 heavy (non-hydrogen) atoms. The first-order valence-electron chi connectivity index (χ1n) is 32.9. The van der Waals surface area contributed by atoms with E-state index in [4.69, 9.17) is 46.0 Å². The summed E-state index contributed by atoms with van der Waals surface area (Å²) in [5.74, 6) is -0.0691. The van der Waals surface area contributed by atoms with Crippen LogP contribution in [0.5, 0.6) is 11.5 Å². The smallest absolute Gasteiger partial charge is 0.336 e. The van der Waals surface area contributed by atoms with E-state index in [1.54, 1.807) is 127 Å². The van der Waals surface area contributed by atoms with Gasteiger partial charge in [0.2, 0.25) is 0 Å². The number of carbonyl (C=O) groups excluding carboxylic acids is 1. The lowest BCUT2D eigenvalue weighted by Crippen LogP contribution is -2.26. The zero-order chi connectivity index (χ0) is 71.5. The van der Waals surface area contributed by atoms with E-state index in [2.05, 4.69) is 57.2 Å². The summed E-state index contributed by atoms with van der Waals surface area (Å²) in [6.45, 7) is 6.36. The van der Waals surface area contributed by atoms with Crippen molar-refractivity contribution in [1.29, 1.82) is 10.8 Å². The van der Waals surface area contributed by atoms with Crippen molar-refractivity contribution < 1.29 is 47.7 Å². The van der Waals surface area contributed by atoms with Gasteiger partial charge in [0, 0.05) is 125 Å². The average Bonchev–Trinajstić information content (AvgIpc) is 0.762. The summed E-state index contributed by atoms with van der Waals surface area (Å²) in [5, 5.41) is 51.9. The Morgan fingerprint density at radius 2 is 0.931 bits per heavy atom. The highest BCUT2D eigenvalue weighted by Crippen LogP contribution is 2.45. The van der Waals surface area contributed by atoms with Crippen LogP contribution in [0.1, 0.15) is 80.0 Å². The second-order valence-corrected chi connectivity index (χ2v) is 24.5. The number of carbonyl (C=O) groups is 3. The Kier molecular flexibility index (Phi) is 18.7. The first-order valence-corrected chi connectivity index (χ1v) is 32.9. The molecule has 0 spiro atoms. The molecule has 3 aliphatic carbocycles. The molecule has 0 atom stereocenters. The Morgan fingerprint density at radius 3 is 1.44 bits per heavy atom. The van der Waals surface area contributed by atoms with Gasteiger partial charge in [0.15, 0.2) is 5.43 Å². The molecule has 7 aliphatic rings. The Hall–Kier alpha value is -13.6. The van der Waals surface area contributed by atoms with Gasteiger partial charge >= 0.3 is 11.9 Å². The first-order chi connectivity index (χ1) is 49.3. The third kappa shape index (κ3) is 13.5. The molecule has 9 aromatic carbocycles. The molecule has 0 bridgehead atoms. The third-order valence-corrected chi connectivity index (χ3v) is 17.7. The molecule has 0 saturated carbocycles. The van der Waals surface area contributed by atoms with Crippen molar-refractivity contribution in [3.05, 3.63) is 313 Å². The molecule has 16 heteroatoms. The van der Waals surface area contributed by atoms with E-state index in [9.17, 15) is 34.5 Å². The van der Waals surface area contributed by atoms with Crippen LogP contribution in [-0.2, 0) is 6.42 Å². The van der Waals surface area contributed by atoms with E-state index in [0.717, 1.165) is 102 Å². The number of aryl methyl sites for hydroxylation is 2. The molecule has 0 radical (unpaired) electrons. The average molecular weight is 1350 g/mol. The van der Waals surface area contributed by atoms with Gasteiger partial charge in [-0.1, -0.05) is 123 Å². The van der Waals surface area contributed by atoms with Gasteiger partial charge < -0.3 is 66.1 Å². The molecular formula is C86H66N5O11-. The maximum absolute atomic E-state index is 11.9. The minimum absolute atomic E-state index is 0.180. The fourth-order valence-corrected chi connectivity index (χ4v) is 13.1. The molecule has 9 aromatic rings. The molecule has 16 rings (SSSR count). The number of carboxylic acids is 3. The van der Waals surface area contributed by atoms with Crippen molar-refractivity contribution in [3.63, 3.8) is 0 Å². The maximum Gasteiger partial charge on any atom is 0.336 e. The van der Waals surface area contributed by atoms with E-state index in [1.807, 2.05) is 72.8 Å². The van der Waals surface area contributed by atoms with Crippen molar-refractivity contribution >= 4 is 79.5 Å². The maximum atomic E-state index is 11.9. The number of nitrogens with two attached hydrogens (primary N) is 3. The molecule has 0 saturated heterocycles. The largest absolute Gasteiger partial charge is 0.545 e. The van der Waals surface area contributed by atoms with Gasteiger partial charge in [0.25, 0.3) is 0 Å². The van der Waals surface area contributed by atoms with Gasteiger partial charge in [-0.15, -0.1) is 0 Å². The van der Waals surface area contributed by atoms with Gasteiger partial charge in [0.1, 0.15) is 45.5 Å². The minimum Gasteiger partial charge on any atom is -0.545 e. The summed E-state index contributed by atoms with van der Waals surface area (Å²) < 4.78 is 24.1. The fraction of sp³-hybridized carbons (Fsp3) is 0.0698. The molecule has 502 valence electrons. The van der Waals surface area contributed by atoms with E-state index in [0.29, 0.717) is 84.0 Å². The van der Waals surface area contributed by atoms with Crippen LogP contribution in [-0.4, -0.2) is 28.1 Å². The minimum atomic E-state index is -1.18. The van der Waals surface area contributed by atoms with Crippen LogP contribution in [0.25, 0.3) is 112 Å². The molecule has 0 aromatic heterocycles. The van der Waals surface area contributed by atoms with Crippen molar-refractivity contribution in [3.8, 4) is 78.9 Å². The van der Waals surface area contributed by atoms with Crippen molar-refractivity contribution in [1.82, 2.24) is 0 Å². The number of nitrogens with one attached hydrogen (secondary N) is 2. The number of aromatic carboxylic acids is 3. The molecule has 0 fully saturated rings. The zero-order valence-electron chi connectivity index (χ0n) is 55.6. The summed E-state index contributed by atoms with van der Waals surface area (Å²) in [4.78, 5) is 47.0. The number of hydrogen-bond donors (Lipinski definition) is 7. The van der Waals surface area contributed by atoms with Gasteiger partial charge in [-0.2, -0.15) is 0 Å². The normalized spacial score (nSPS) is 11.6. The van der Waals surface area contributed by atoms with Crippen LogP contribution in [0.2, 0.25) is 0 Å². The number of nitrogen functional groups attached to an aromatic ring is 3. The van der Waals surface area contributed by atoms with Gasteiger partial charge in [-0.25, -0.2) is 9.59 Å². The first kappa shape index (κ1) is 67.0. The number of anilines is 3. The zero-order valence-corrected chi connectivity index (χ0v) is 55.6. The van der Waals surface area contributed by atoms with Crippen LogP contribution in [0.3, 0.4) is 0 Å². The monoisotopic (exact) mass is 1340 g/mol. The second kappa shape index (κ2) is 28.5. The van der Waals surface area contributed by atoms with E-state index in [-0.39, 0.29) is 22.1 Å². The lowest BCUT2D eigenvalue weighted by Gasteiger charge is -2.24. The summed E-state index contributed by atoms with van der Waals surface area (Å²) in [5.41, 5.74) is 33.7. The van der Waals surface area contributed by atoms with E-state index >= 15 is 0 Å². The molecular weight excluding hydrogens is 1280 g/mol. The van der Waals surface area contributed by atoms with Crippen LogP contribution in [0, 0.1) is 17.7 Å². The van der Waals surface area contributed by atoms with Crippen molar-refractivity contribution in [2.24, 2.45) is 0 Å². The van der Waals surface area contributed by atoms with Crippen LogP contribution in [0.15, 0.2) is 261 Å². The highest BCUT2D eigenvalue weighted by atomic mass is 16.5. The Labute approximate surface area is 584 Å². The SMILES string of the molecule is CC/C=c1\ccc2c(c1)Oc1cc(CCC)c(C)cc1C=2c1ccccc1C(=O)[O-].N=c1ccc2c(-c3ccccc3)c3ccc(N)cc3oc-2c1.N=c1ccc2c(-c3ccccc3C(=O)O)c3ccc(N)cc3oc-2c1.Nc1ccc2c(-c3ccccc3C(=O)O)c3ccc(=O)cc-3oc2c1. The Balaban J connectivity index is 0.000000122. The van der Waals surface area contributed by atoms with Crippen molar-refractivity contribution in [2.45, 2.75) is 40.0 Å². The number of rotatable bonds is 10. The van der Waals surface area contributed by atoms with E-state index in [1.165, 1.54) is 23.3 Å². The highest BCUT2D eigenvalue weighted by Gasteiger charge is 2.26. The second-order valence-electron chi connectivity index (χ2n) is 24.5. The standard InChI is InChI=1S/C27H26O3.C20H14N2O3.C20H13NO4.C19H14N2O/c1-4-8-18-12-13-22-24(15-18)30-25-16-19(9-5-2)17(3)14-23(25)26(22)20-10-6-7-11-21(20)27(28)29;2*21-11-5-7-15-17(9-11)25-18-10-12(22)6-8-16(18)19(15)13-3-1-2-4-14(13)20(23)24;20-13-6-8-15-17(10-13)22-18-11-14(21)7-9-16(18)19(15)12-4-2-1-3-5-12/h6-8,10-16H,4-5,9H2,1-3H3,(H,28,29);1-10,21H,22H2,(H,23,24);1-10H,21H2,(H,23,24);1-11,20H,21H2/p-1/b18-8+;;;. The van der Waals surface area contributed by atoms with Crippen LogP contribution < -0.4 is 53.6 Å². The van der Waals surface area contributed by atoms with Gasteiger partial charge in [0.05, 0.1) is 27.8 Å². The molecule has 16 nitrogen and oxygen atoms in total. The fourth-order valence-electron chi connectivity index (χ4n) is 13.1. The number of ether oxygens (including phenoxy) is 1. The molecule has 10 N–H and O–H groups in total. The lowest BCUT2D eigenvalue weighted by atomic mass is 9.87. The highest BCUT2D eigenvalue weighted by molar-refractivity contribution is 6.10. The summed E-state index contributed by atoms with van der Waals surface area (Å²) in [7, 11) is 0. The number of hydrogen-bond acceptors (Lipinski definition) is 14. The van der Waals surface area contributed by atoms with Gasteiger partial charge in [-0.05, 0) is 168 Å². The van der Waals surface area contributed by atoms with Gasteiger partial charge in [-0.3, -0.25) is 4.79 Å². The predicted molar refractivity (Wildman–Crippen MR) is 398 cm³/mol. The molecule has 4 aliphatic heterocycles. The van der Waals surface area contributed by atoms with Crippen molar-refractivity contribution in [2.75, 3.05) is 17.2 Å².